The van der Waals surface area contributed by atoms with Gasteiger partial charge in [0.15, 0.2) is 0 Å². The molecule has 0 aliphatic carbocycles. The molecule has 16 heavy (non-hydrogen) atoms. The molecule has 0 bridgehead atoms. The van der Waals surface area contributed by atoms with Crippen LogP contribution < -0.4 is 5.73 Å². The molecule has 2 rings (SSSR count). The van der Waals surface area contributed by atoms with Crippen molar-refractivity contribution in [2.45, 2.75) is 13.0 Å². The summed E-state index contributed by atoms with van der Waals surface area (Å²) in [6, 6.07) is 15.3. The highest BCUT2D eigenvalue weighted by atomic mass is 16.3. The number of nitrogens with two attached hydrogens (primary N) is 1. The third kappa shape index (κ3) is 2.23. The van der Waals surface area contributed by atoms with Crippen molar-refractivity contribution in [3.05, 3.63) is 54.1 Å². The fourth-order valence-corrected chi connectivity index (χ4v) is 1.69. The number of aromatic hydroxyl groups is 1. The summed E-state index contributed by atoms with van der Waals surface area (Å²) in [6.45, 7) is 1.96. The Kier molecular flexibility index (Phi) is 2.93. The summed E-state index contributed by atoms with van der Waals surface area (Å²) < 4.78 is 0. The first-order chi connectivity index (χ1) is 7.66. The van der Waals surface area contributed by atoms with Crippen molar-refractivity contribution >= 4 is 0 Å². The molecule has 0 aromatic heterocycles. The van der Waals surface area contributed by atoms with Crippen molar-refractivity contribution in [1.29, 1.82) is 0 Å². The van der Waals surface area contributed by atoms with Gasteiger partial charge in [-0.15, -0.1) is 0 Å². The molecule has 0 saturated carbocycles. The first kappa shape index (κ1) is 10.7. The van der Waals surface area contributed by atoms with Crippen molar-refractivity contribution in [2.24, 2.45) is 5.73 Å². The lowest BCUT2D eigenvalue weighted by molar-refractivity contribution is 0.475. The van der Waals surface area contributed by atoms with E-state index in [0.29, 0.717) is 0 Å². The Morgan fingerprint density at radius 3 is 2.25 bits per heavy atom. The van der Waals surface area contributed by atoms with Crippen LogP contribution in [0.5, 0.6) is 5.75 Å². The van der Waals surface area contributed by atoms with Gasteiger partial charge in [-0.3, -0.25) is 0 Å². The SMILES string of the molecule is CC(N)c1cccc(-c2cccc(O)c2)c1. The van der Waals surface area contributed by atoms with Crippen LogP contribution in [0.4, 0.5) is 0 Å². The van der Waals surface area contributed by atoms with Gasteiger partial charge in [0.25, 0.3) is 0 Å². The van der Waals surface area contributed by atoms with Crippen LogP contribution in [-0.4, -0.2) is 5.11 Å². The second-order valence-electron chi connectivity index (χ2n) is 3.96. The predicted molar refractivity (Wildman–Crippen MR) is 66.1 cm³/mol. The van der Waals surface area contributed by atoms with Crippen molar-refractivity contribution < 1.29 is 5.11 Å². The Bertz CT molecular complexity index is 492. The van der Waals surface area contributed by atoms with E-state index in [0.717, 1.165) is 16.7 Å². The number of rotatable bonds is 2. The second kappa shape index (κ2) is 4.37. The van der Waals surface area contributed by atoms with Gasteiger partial charge in [0.1, 0.15) is 5.75 Å². The highest BCUT2D eigenvalue weighted by Crippen LogP contribution is 2.25. The summed E-state index contributed by atoms with van der Waals surface area (Å²) >= 11 is 0. The lowest BCUT2D eigenvalue weighted by Crippen LogP contribution is -2.04. The Hall–Kier alpha value is -1.80. The van der Waals surface area contributed by atoms with Crippen LogP contribution in [0.3, 0.4) is 0 Å². The molecule has 0 saturated heterocycles. The smallest absolute Gasteiger partial charge is 0.116 e. The highest BCUT2D eigenvalue weighted by Gasteiger charge is 2.02. The molecule has 0 amide bonds. The third-order valence-corrected chi connectivity index (χ3v) is 2.59. The molecule has 3 N–H and O–H groups in total. The molecule has 0 spiro atoms. The van der Waals surface area contributed by atoms with Gasteiger partial charge >= 0.3 is 0 Å². The Balaban J connectivity index is 2.44. The molecule has 0 fully saturated rings. The van der Waals surface area contributed by atoms with Crippen molar-refractivity contribution in [3.63, 3.8) is 0 Å². The van der Waals surface area contributed by atoms with Gasteiger partial charge in [-0.2, -0.15) is 0 Å². The summed E-state index contributed by atoms with van der Waals surface area (Å²) in [5, 5.41) is 9.43. The first-order valence-electron chi connectivity index (χ1n) is 5.32. The lowest BCUT2D eigenvalue weighted by atomic mass is 10.0. The van der Waals surface area contributed by atoms with Gasteiger partial charge < -0.3 is 10.8 Å². The number of hydrogen-bond donors (Lipinski definition) is 2. The van der Waals surface area contributed by atoms with Crippen molar-refractivity contribution in [2.75, 3.05) is 0 Å². The Morgan fingerprint density at radius 1 is 1.00 bits per heavy atom. The zero-order valence-corrected chi connectivity index (χ0v) is 9.22. The summed E-state index contributed by atoms with van der Waals surface area (Å²) in [7, 11) is 0. The van der Waals surface area contributed by atoms with Crippen LogP contribution in [-0.2, 0) is 0 Å². The number of hydrogen-bond acceptors (Lipinski definition) is 2. The molecule has 0 aliphatic heterocycles. The average molecular weight is 213 g/mol. The molecule has 0 heterocycles. The van der Waals surface area contributed by atoms with Crippen molar-refractivity contribution in [1.82, 2.24) is 0 Å². The second-order valence-corrected chi connectivity index (χ2v) is 3.96. The third-order valence-electron chi connectivity index (χ3n) is 2.59. The normalized spacial score (nSPS) is 12.4. The molecule has 2 aromatic carbocycles. The Morgan fingerprint density at radius 2 is 1.62 bits per heavy atom. The minimum Gasteiger partial charge on any atom is -0.508 e. The van der Waals surface area contributed by atoms with E-state index in [1.165, 1.54) is 0 Å². The van der Waals surface area contributed by atoms with Gasteiger partial charge in [-0.1, -0.05) is 30.3 Å². The van der Waals surface area contributed by atoms with E-state index in [9.17, 15) is 5.11 Å². The quantitative estimate of drug-likeness (QED) is 0.805. The molecular formula is C14H15NO. The van der Waals surface area contributed by atoms with E-state index in [4.69, 9.17) is 5.73 Å². The number of phenols is 1. The molecule has 2 aromatic rings. The summed E-state index contributed by atoms with van der Waals surface area (Å²) in [5.74, 6) is 0.281. The summed E-state index contributed by atoms with van der Waals surface area (Å²) in [4.78, 5) is 0. The zero-order chi connectivity index (χ0) is 11.5. The Labute approximate surface area is 95.4 Å². The van der Waals surface area contributed by atoms with E-state index in [-0.39, 0.29) is 11.8 Å². The van der Waals surface area contributed by atoms with E-state index in [1.54, 1.807) is 12.1 Å². The molecule has 1 atom stereocenters. The topological polar surface area (TPSA) is 46.2 Å². The van der Waals surface area contributed by atoms with E-state index < -0.39 is 0 Å². The number of benzene rings is 2. The van der Waals surface area contributed by atoms with Crippen molar-refractivity contribution in [3.8, 4) is 16.9 Å². The molecule has 2 heteroatoms. The van der Waals surface area contributed by atoms with Crippen LogP contribution in [0.2, 0.25) is 0 Å². The van der Waals surface area contributed by atoms with E-state index in [1.807, 2.05) is 37.3 Å². The monoisotopic (exact) mass is 213 g/mol. The molecule has 1 unspecified atom stereocenters. The minimum atomic E-state index is 0.0252. The zero-order valence-electron chi connectivity index (χ0n) is 9.22. The number of phenolic OH excluding ortho intramolecular Hbond substituents is 1. The minimum absolute atomic E-state index is 0.0252. The fraction of sp³-hybridized carbons (Fsp3) is 0.143. The standard InChI is InChI=1S/C14H15NO/c1-10(15)11-4-2-5-12(8-11)13-6-3-7-14(16)9-13/h2-10,16H,15H2,1H3. The summed E-state index contributed by atoms with van der Waals surface area (Å²) in [6.07, 6.45) is 0. The lowest BCUT2D eigenvalue weighted by Gasteiger charge is -2.08. The van der Waals surface area contributed by atoms with E-state index in [2.05, 4.69) is 6.07 Å². The fourth-order valence-electron chi connectivity index (χ4n) is 1.69. The molecular weight excluding hydrogens is 198 g/mol. The molecule has 0 radical (unpaired) electrons. The van der Waals surface area contributed by atoms with E-state index >= 15 is 0 Å². The van der Waals surface area contributed by atoms with Gasteiger partial charge in [0.2, 0.25) is 0 Å². The maximum Gasteiger partial charge on any atom is 0.116 e. The van der Waals surface area contributed by atoms with Crippen LogP contribution in [0.15, 0.2) is 48.5 Å². The molecule has 2 nitrogen and oxygen atoms in total. The van der Waals surface area contributed by atoms with Crippen LogP contribution in [0, 0.1) is 0 Å². The van der Waals surface area contributed by atoms with Gasteiger partial charge in [0.05, 0.1) is 0 Å². The molecule has 82 valence electrons. The first-order valence-corrected chi connectivity index (χ1v) is 5.32. The maximum absolute atomic E-state index is 9.43. The summed E-state index contributed by atoms with van der Waals surface area (Å²) in [5.41, 5.74) is 9.02. The maximum atomic E-state index is 9.43. The van der Waals surface area contributed by atoms with Gasteiger partial charge in [-0.25, -0.2) is 0 Å². The predicted octanol–water partition coefficient (Wildman–Crippen LogP) is 3.08. The largest absolute Gasteiger partial charge is 0.508 e. The van der Waals surface area contributed by atoms with Crippen LogP contribution in [0.1, 0.15) is 18.5 Å². The highest BCUT2D eigenvalue weighted by molar-refractivity contribution is 5.65. The molecule has 0 aliphatic rings. The van der Waals surface area contributed by atoms with Gasteiger partial charge in [-0.05, 0) is 41.8 Å². The average Bonchev–Trinajstić information content (AvgIpc) is 2.29. The van der Waals surface area contributed by atoms with Crippen LogP contribution >= 0.6 is 0 Å². The van der Waals surface area contributed by atoms with Gasteiger partial charge in [0, 0.05) is 6.04 Å². The van der Waals surface area contributed by atoms with Crippen LogP contribution in [0.25, 0.3) is 11.1 Å².